The van der Waals surface area contributed by atoms with Crippen LogP contribution in [-0.4, -0.2) is 70.2 Å². The molecule has 8 nitrogen and oxygen atoms in total. The fourth-order valence-corrected chi connectivity index (χ4v) is 6.06. The summed E-state index contributed by atoms with van der Waals surface area (Å²) in [4.78, 5) is 15.5. The Morgan fingerprint density at radius 1 is 0.975 bits per heavy atom. The second-order valence-electron chi connectivity index (χ2n) is 10.6. The average molecular weight is 568 g/mol. The quantitative estimate of drug-likeness (QED) is 0.323. The fraction of sp³-hybridized carbons (Fsp3) is 0.387. The van der Waals surface area contributed by atoms with Gasteiger partial charge in [-0.15, -0.1) is 0 Å². The highest BCUT2D eigenvalue weighted by atomic mass is 32.2. The summed E-state index contributed by atoms with van der Waals surface area (Å²) in [6, 6.07) is 20.6. The highest BCUT2D eigenvalue weighted by Crippen LogP contribution is 2.22. The van der Waals surface area contributed by atoms with E-state index in [4.69, 9.17) is 4.74 Å². The van der Waals surface area contributed by atoms with E-state index in [0.717, 1.165) is 16.8 Å². The van der Waals surface area contributed by atoms with Gasteiger partial charge in [-0.1, -0.05) is 50.2 Å². The van der Waals surface area contributed by atoms with Gasteiger partial charge in [0.25, 0.3) is 5.91 Å². The monoisotopic (exact) mass is 567 g/mol. The van der Waals surface area contributed by atoms with Gasteiger partial charge in [-0.3, -0.25) is 4.79 Å². The molecule has 0 saturated heterocycles. The van der Waals surface area contributed by atoms with Crippen molar-refractivity contribution in [2.45, 2.75) is 44.2 Å². The van der Waals surface area contributed by atoms with Crippen molar-refractivity contribution in [2.75, 3.05) is 39.2 Å². The van der Waals surface area contributed by atoms with E-state index < -0.39 is 22.2 Å². The van der Waals surface area contributed by atoms with Crippen molar-refractivity contribution in [3.63, 3.8) is 0 Å². The zero-order valence-corrected chi connectivity index (χ0v) is 25.0. The molecule has 3 aromatic carbocycles. The molecule has 0 aliphatic rings. The fourth-order valence-electron chi connectivity index (χ4n) is 4.44. The number of rotatable bonds is 13. The summed E-state index contributed by atoms with van der Waals surface area (Å²) in [5, 5.41) is 14.5. The number of methoxy groups -OCH3 is 1. The number of aryl methyl sites for hydroxylation is 1. The van der Waals surface area contributed by atoms with Crippen molar-refractivity contribution >= 4 is 21.6 Å². The third kappa shape index (κ3) is 8.06. The highest BCUT2D eigenvalue weighted by molar-refractivity contribution is 7.89. The maximum atomic E-state index is 13.7. The van der Waals surface area contributed by atoms with Crippen LogP contribution in [0.15, 0.2) is 77.7 Å². The third-order valence-corrected chi connectivity index (χ3v) is 8.56. The molecule has 3 aromatic rings. The number of ether oxygens (including phenoxy) is 1. The third-order valence-electron chi connectivity index (χ3n) is 6.72. The van der Waals surface area contributed by atoms with E-state index in [1.807, 2.05) is 88.3 Å². The van der Waals surface area contributed by atoms with Crippen LogP contribution in [0.3, 0.4) is 0 Å². The van der Waals surface area contributed by atoms with Crippen molar-refractivity contribution in [1.82, 2.24) is 9.62 Å². The smallest absolute Gasteiger partial charge is 0.251 e. The number of sulfonamides is 1. The number of nitrogens with zero attached hydrogens (tertiary/aromatic N) is 2. The molecule has 0 saturated carbocycles. The predicted molar refractivity (Wildman–Crippen MR) is 160 cm³/mol. The van der Waals surface area contributed by atoms with Crippen LogP contribution in [0.2, 0.25) is 0 Å². The lowest BCUT2D eigenvalue weighted by Gasteiger charge is -2.31. The van der Waals surface area contributed by atoms with Gasteiger partial charge in [-0.2, -0.15) is 4.31 Å². The number of hydrogen-bond acceptors (Lipinski definition) is 6. The molecule has 0 aromatic heterocycles. The first-order chi connectivity index (χ1) is 18.9. The van der Waals surface area contributed by atoms with Crippen molar-refractivity contribution in [2.24, 2.45) is 5.92 Å². The molecule has 40 heavy (non-hydrogen) atoms. The van der Waals surface area contributed by atoms with Gasteiger partial charge >= 0.3 is 0 Å². The Balaban J connectivity index is 1.92. The molecule has 0 bridgehead atoms. The Morgan fingerprint density at radius 2 is 1.62 bits per heavy atom. The summed E-state index contributed by atoms with van der Waals surface area (Å²) in [6.07, 6.45) is -0.841. The molecule has 216 valence electrons. The minimum absolute atomic E-state index is 0.0128. The van der Waals surface area contributed by atoms with Gasteiger partial charge in [0, 0.05) is 38.4 Å². The first-order valence-electron chi connectivity index (χ1n) is 13.4. The van der Waals surface area contributed by atoms with Crippen LogP contribution in [0.25, 0.3) is 0 Å². The van der Waals surface area contributed by atoms with Crippen LogP contribution >= 0.6 is 0 Å². The van der Waals surface area contributed by atoms with Crippen LogP contribution in [0.4, 0.5) is 5.69 Å². The summed E-state index contributed by atoms with van der Waals surface area (Å²) >= 11 is 0. The zero-order chi connectivity index (χ0) is 29.4. The Kier molecular flexibility index (Phi) is 10.7. The number of aliphatic hydroxyl groups is 1. The number of benzene rings is 3. The van der Waals surface area contributed by atoms with Gasteiger partial charge in [-0.25, -0.2) is 8.42 Å². The van der Waals surface area contributed by atoms with Gasteiger partial charge in [0.1, 0.15) is 5.75 Å². The SMILES string of the molecule is COc1ccc(S(=O)(=O)N(CC(C)C)C[C@@H](O)[C@H](Cc2ccccc2)NC(=O)c2cc(N(C)C)ccc2C)cc1. The molecule has 0 radical (unpaired) electrons. The van der Waals surface area contributed by atoms with Crippen LogP contribution in [0, 0.1) is 12.8 Å². The minimum Gasteiger partial charge on any atom is -0.497 e. The molecule has 0 aliphatic carbocycles. The molecule has 9 heteroatoms. The van der Waals surface area contributed by atoms with Gasteiger partial charge < -0.3 is 20.1 Å². The summed E-state index contributed by atoms with van der Waals surface area (Å²) in [5.74, 6) is 0.238. The Bertz CT molecular complexity index is 1360. The van der Waals surface area contributed by atoms with E-state index in [2.05, 4.69) is 5.32 Å². The van der Waals surface area contributed by atoms with Crippen molar-refractivity contribution in [1.29, 1.82) is 0 Å². The number of aliphatic hydroxyl groups excluding tert-OH is 1. The largest absolute Gasteiger partial charge is 0.497 e. The summed E-state index contributed by atoms with van der Waals surface area (Å²) < 4.78 is 33.8. The maximum Gasteiger partial charge on any atom is 0.251 e. The Morgan fingerprint density at radius 3 is 2.20 bits per heavy atom. The van der Waals surface area contributed by atoms with E-state index in [1.54, 1.807) is 12.1 Å². The molecule has 3 rings (SSSR count). The average Bonchev–Trinajstić information content (AvgIpc) is 2.92. The highest BCUT2D eigenvalue weighted by Gasteiger charge is 2.31. The Labute approximate surface area is 238 Å². The first kappa shape index (κ1) is 31.1. The number of carbonyl (C=O) groups is 1. The molecular formula is C31H41N3O5S. The van der Waals surface area contributed by atoms with E-state index in [1.165, 1.54) is 23.5 Å². The topological polar surface area (TPSA) is 99.2 Å². The standard InChI is InChI=1S/C31H41N3O5S/c1-22(2)20-34(40(37,38)27-16-14-26(39-6)15-17-27)21-30(35)29(18-24-10-8-7-9-11-24)32-31(36)28-19-25(33(4)5)13-12-23(28)3/h7-17,19,22,29-30,35H,18,20-21H2,1-6H3,(H,32,36)/t29-,30+/m0/s1. The number of amides is 1. The molecule has 0 heterocycles. The molecule has 0 fully saturated rings. The van der Waals surface area contributed by atoms with E-state index in [-0.39, 0.29) is 29.8 Å². The number of hydrogen-bond donors (Lipinski definition) is 2. The predicted octanol–water partition coefficient (Wildman–Crippen LogP) is 4.12. The molecule has 2 N–H and O–H groups in total. The van der Waals surface area contributed by atoms with Crippen molar-refractivity contribution in [3.05, 3.63) is 89.5 Å². The van der Waals surface area contributed by atoms with E-state index >= 15 is 0 Å². The number of anilines is 1. The number of carbonyl (C=O) groups excluding carboxylic acids is 1. The zero-order valence-electron chi connectivity index (χ0n) is 24.2. The lowest BCUT2D eigenvalue weighted by atomic mass is 9.99. The summed E-state index contributed by atoms with van der Waals surface area (Å²) in [7, 11) is 1.40. The normalized spacial score (nSPS) is 13.2. The maximum absolute atomic E-state index is 13.7. The van der Waals surface area contributed by atoms with Crippen molar-refractivity contribution in [3.8, 4) is 5.75 Å². The number of nitrogens with one attached hydrogen (secondary N) is 1. The molecule has 0 aliphatic heterocycles. The van der Waals surface area contributed by atoms with Crippen LogP contribution in [-0.2, 0) is 16.4 Å². The lowest BCUT2D eigenvalue weighted by molar-refractivity contribution is 0.0775. The van der Waals surface area contributed by atoms with Gasteiger partial charge in [0.15, 0.2) is 0 Å². The minimum atomic E-state index is -3.93. The van der Waals surface area contributed by atoms with E-state index in [9.17, 15) is 18.3 Å². The molecule has 1 amide bonds. The second-order valence-corrected chi connectivity index (χ2v) is 12.6. The lowest BCUT2D eigenvalue weighted by Crippen LogP contribution is -2.51. The van der Waals surface area contributed by atoms with Crippen LogP contribution in [0.5, 0.6) is 5.75 Å². The van der Waals surface area contributed by atoms with E-state index in [0.29, 0.717) is 17.7 Å². The summed E-state index contributed by atoms with van der Waals surface area (Å²) in [6.45, 7) is 5.74. The molecule has 2 atom stereocenters. The molecular weight excluding hydrogens is 526 g/mol. The van der Waals surface area contributed by atoms with Crippen LogP contribution < -0.4 is 15.0 Å². The molecule has 0 spiro atoms. The molecule has 0 unspecified atom stereocenters. The van der Waals surface area contributed by atoms with Gasteiger partial charge in [-0.05, 0) is 66.8 Å². The summed E-state index contributed by atoms with van der Waals surface area (Å²) in [5.41, 5.74) is 3.10. The van der Waals surface area contributed by atoms with Gasteiger partial charge in [0.2, 0.25) is 10.0 Å². The van der Waals surface area contributed by atoms with Crippen LogP contribution in [0.1, 0.15) is 35.3 Å². The van der Waals surface area contributed by atoms with Crippen molar-refractivity contribution < 1.29 is 23.1 Å². The first-order valence-corrected chi connectivity index (χ1v) is 14.8. The second kappa shape index (κ2) is 13.8. The Hall–Kier alpha value is -3.40. The van der Waals surface area contributed by atoms with Gasteiger partial charge in [0.05, 0.1) is 24.2 Å².